The van der Waals surface area contributed by atoms with Crippen molar-refractivity contribution in [2.75, 3.05) is 20.8 Å². The standard InChI is InChI=1S/C19H19ClF3NO4S/c1-27-13-6-7-14(17(11-13)28-2)16-4-3-9-24(16)29(25,26)18-8-5-12(20)10-15(18)19(21,22)23/h5-8,10-11,16H,3-4,9H2,1-2H3. The summed E-state index contributed by atoms with van der Waals surface area (Å²) in [6.45, 7) is 0.0993. The molecule has 5 nitrogen and oxygen atoms in total. The maximum absolute atomic E-state index is 13.5. The topological polar surface area (TPSA) is 55.8 Å². The van der Waals surface area contributed by atoms with Gasteiger partial charge in [-0.3, -0.25) is 0 Å². The summed E-state index contributed by atoms with van der Waals surface area (Å²) in [5.74, 6) is 0.929. The number of hydrogen-bond acceptors (Lipinski definition) is 4. The predicted octanol–water partition coefficient (Wildman–Crippen LogP) is 4.90. The molecular formula is C19H19ClF3NO4S. The van der Waals surface area contributed by atoms with E-state index in [1.54, 1.807) is 18.2 Å². The molecule has 0 saturated carbocycles. The van der Waals surface area contributed by atoms with Crippen LogP contribution in [0.3, 0.4) is 0 Å². The van der Waals surface area contributed by atoms with Crippen molar-refractivity contribution in [1.82, 2.24) is 4.31 Å². The lowest BCUT2D eigenvalue weighted by Gasteiger charge is -2.27. The van der Waals surface area contributed by atoms with Crippen LogP contribution < -0.4 is 9.47 Å². The number of methoxy groups -OCH3 is 2. The summed E-state index contributed by atoms with van der Waals surface area (Å²) in [4.78, 5) is -0.811. The Bertz CT molecular complexity index is 1010. The molecule has 1 saturated heterocycles. The van der Waals surface area contributed by atoms with E-state index in [1.807, 2.05) is 0 Å². The number of rotatable bonds is 5. The predicted molar refractivity (Wildman–Crippen MR) is 102 cm³/mol. The molecule has 3 rings (SSSR count). The molecule has 0 aliphatic carbocycles. The second kappa shape index (κ2) is 8.04. The molecular weight excluding hydrogens is 431 g/mol. The van der Waals surface area contributed by atoms with Gasteiger partial charge in [0, 0.05) is 23.2 Å². The molecule has 0 amide bonds. The van der Waals surface area contributed by atoms with Crippen molar-refractivity contribution < 1.29 is 31.1 Å². The summed E-state index contributed by atoms with van der Waals surface area (Å²) < 4.78 is 78.6. The fraction of sp³-hybridized carbons (Fsp3) is 0.368. The van der Waals surface area contributed by atoms with Crippen LogP contribution in [0.1, 0.15) is 30.0 Å². The summed E-state index contributed by atoms with van der Waals surface area (Å²) in [5.41, 5.74) is -0.714. The van der Waals surface area contributed by atoms with Crippen molar-refractivity contribution in [3.05, 3.63) is 52.5 Å². The van der Waals surface area contributed by atoms with Crippen LogP contribution in [0.5, 0.6) is 11.5 Å². The average molecular weight is 450 g/mol. The second-order valence-corrected chi connectivity index (χ2v) is 8.82. The Kier molecular flexibility index (Phi) is 6.03. The van der Waals surface area contributed by atoms with Gasteiger partial charge in [0.25, 0.3) is 0 Å². The third-order valence-electron chi connectivity index (χ3n) is 4.84. The first kappa shape index (κ1) is 21.7. The van der Waals surface area contributed by atoms with Crippen molar-refractivity contribution in [3.8, 4) is 11.5 Å². The van der Waals surface area contributed by atoms with Gasteiger partial charge < -0.3 is 9.47 Å². The van der Waals surface area contributed by atoms with Gasteiger partial charge in [-0.05, 0) is 37.1 Å². The molecule has 0 spiro atoms. The third kappa shape index (κ3) is 4.17. The van der Waals surface area contributed by atoms with Crippen LogP contribution in [0.15, 0.2) is 41.3 Å². The van der Waals surface area contributed by atoms with E-state index in [2.05, 4.69) is 0 Å². The molecule has 1 atom stereocenters. The number of alkyl halides is 3. The Morgan fingerprint density at radius 3 is 2.45 bits per heavy atom. The molecule has 1 fully saturated rings. The molecule has 2 aromatic rings. The van der Waals surface area contributed by atoms with E-state index in [0.29, 0.717) is 36.0 Å². The van der Waals surface area contributed by atoms with Gasteiger partial charge in [-0.2, -0.15) is 17.5 Å². The molecule has 10 heteroatoms. The van der Waals surface area contributed by atoms with Crippen LogP contribution in [0.2, 0.25) is 5.02 Å². The molecule has 29 heavy (non-hydrogen) atoms. The van der Waals surface area contributed by atoms with Crippen LogP contribution in [-0.4, -0.2) is 33.5 Å². The first-order chi connectivity index (χ1) is 13.6. The fourth-order valence-electron chi connectivity index (χ4n) is 3.51. The lowest BCUT2D eigenvalue weighted by molar-refractivity contribution is -0.139. The smallest absolute Gasteiger partial charge is 0.417 e. The van der Waals surface area contributed by atoms with Crippen LogP contribution in [0.4, 0.5) is 13.2 Å². The minimum absolute atomic E-state index is 0.0993. The van der Waals surface area contributed by atoms with Crippen LogP contribution in [0, 0.1) is 0 Å². The fourth-order valence-corrected chi connectivity index (χ4v) is 5.55. The highest BCUT2D eigenvalue weighted by Gasteiger charge is 2.43. The molecule has 0 bridgehead atoms. The summed E-state index contributed by atoms with van der Waals surface area (Å²) in [6.07, 6.45) is -3.90. The van der Waals surface area contributed by atoms with Gasteiger partial charge in [-0.25, -0.2) is 8.42 Å². The number of sulfonamides is 1. The third-order valence-corrected chi connectivity index (χ3v) is 7.04. The van der Waals surface area contributed by atoms with Gasteiger partial charge in [0.05, 0.1) is 30.7 Å². The number of halogens is 4. The van der Waals surface area contributed by atoms with E-state index in [-0.39, 0.29) is 11.6 Å². The number of nitrogens with zero attached hydrogens (tertiary/aromatic N) is 1. The quantitative estimate of drug-likeness (QED) is 0.651. The minimum atomic E-state index is -4.86. The van der Waals surface area contributed by atoms with Crippen molar-refractivity contribution in [2.24, 2.45) is 0 Å². The van der Waals surface area contributed by atoms with Gasteiger partial charge in [-0.15, -0.1) is 0 Å². The highest BCUT2D eigenvalue weighted by Crippen LogP contribution is 2.44. The van der Waals surface area contributed by atoms with Crippen LogP contribution in [0.25, 0.3) is 0 Å². The summed E-state index contributed by atoms with van der Waals surface area (Å²) in [5, 5.41) is -0.189. The molecule has 1 heterocycles. The zero-order valence-corrected chi connectivity index (χ0v) is 17.2. The zero-order chi connectivity index (χ0) is 21.4. The average Bonchev–Trinajstić information content (AvgIpc) is 3.17. The van der Waals surface area contributed by atoms with Gasteiger partial charge in [0.15, 0.2) is 0 Å². The lowest BCUT2D eigenvalue weighted by atomic mass is 10.0. The zero-order valence-electron chi connectivity index (χ0n) is 15.7. The monoisotopic (exact) mass is 449 g/mol. The highest BCUT2D eigenvalue weighted by atomic mass is 35.5. The van der Waals surface area contributed by atoms with Crippen molar-refractivity contribution in [2.45, 2.75) is 30.0 Å². The Balaban J connectivity index is 2.09. The number of benzene rings is 2. The summed E-state index contributed by atoms with van der Waals surface area (Å²) >= 11 is 5.69. The normalized spacial score (nSPS) is 18.1. The van der Waals surface area contributed by atoms with E-state index in [1.165, 1.54) is 14.2 Å². The largest absolute Gasteiger partial charge is 0.497 e. The maximum Gasteiger partial charge on any atom is 0.417 e. The minimum Gasteiger partial charge on any atom is -0.497 e. The molecule has 0 radical (unpaired) electrons. The van der Waals surface area contributed by atoms with Gasteiger partial charge >= 0.3 is 6.18 Å². The molecule has 0 aromatic heterocycles. The van der Waals surface area contributed by atoms with Gasteiger partial charge in [-0.1, -0.05) is 17.7 Å². The number of hydrogen-bond donors (Lipinski definition) is 0. The Hall–Kier alpha value is -1.97. The summed E-state index contributed by atoms with van der Waals surface area (Å²) in [6, 6.07) is 6.96. The van der Waals surface area contributed by atoms with E-state index in [9.17, 15) is 21.6 Å². The van der Waals surface area contributed by atoms with Crippen molar-refractivity contribution in [1.29, 1.82) is 0 Å². The summed E-state index contributed by atoms with van der Waals surface area (Å²) in [7, 11) is -1.52. The molecule has 2 aromatic carbocycles. The first-order valence-electron chi connectivity index (χ1n) is 8.70. The van der Waals surface area contributed by atoms with Crippen molar-refractivity contribution >= 4 is 21.6 Å². The van der Waals surface area contributed by atoms with E-state index >= 15 is 0 Å². The SMILES string of the molecule is COc1ccc(C2CCCN2S(=O)(=O)c2ccc(Cl)cc2C(F)(F)F)c(OC)c1. The van der Waals surface area contributed by atoms with E-state index in [0.717, 1.165) is 16.4 Å². The lowest BCUT2D eigenvalue weighted by Crippen LogP contribution is -2.32. The molecule has 1 unspecified atom stereocenters. The second-order valence-electron chi connectivity index (χ2n) is 6.52. The van der Waals surface area contributed by atoms with Crippen LogP contribution in [-0.2, 0) is 16.2 Å². The Morgan fingerprint density at radius 2 is 1.83 bits per heavy atom. The molecule has 158 valence electrons. The van der Waals surface area contributed by atoms with Gasteiger partial charge in [0.2, 0.25) is 10.0 Å². The molecule has 1 aliphatic heterocycles. The number of ether oxygens (including phenoxy) is 2. The van der Waals surface area contributed by atoms with E-state index in [4.69, 9.17) is 21.1 Å². The van der Waals surface area contributed by atoms with Gasteiger partial charge in [0.1, 0.15) is 11.5 Å². The van der Waals surface area contributed by atoms with Crippen molar-refractivity contribution in [3.63, 3.8) is 0 Å². The molecule has 1 aliphatic rings. The van der Waals surface area contributed by atoms with Crippen LogP contribution >= 0.6 is 11.6 Å². The first-order valence-corrected chi connectivity index (χ1v) is 10.5. The van der Waals surface area contributed by atoms with E-state index < -0.39 is 32.7 Å². The highest BCUT2D eigenvalue weighted by molar-refractivity contribution is 7.89. The Morgan fingerprint density at radius 1 is 1.10 bits per heavy atom. The Labute approximate surface area is 172 Å². The maximum atomic E-state index is 13.5. The molecule has 0 N–H and O–H groups in total.